The van der Waals surface area contributed by atoms with Gasteiger partial charge in [0.1, 0.15) is 5.78 Å². The summed E-state index contributed by atoms with van der Waals surface area (Å²) in [5.74, 6) is -0.968. The number of aliphatic hydroxyl groups is 1. The van der Waals surface area contributed by atoms with Crippen LogP contribution in [0.15, 0.2) is 24.3 Å². The third-order valence-corrected chi connectivity index (χ3v) is 5.38. The van der Waals surface area contributed by atoms with E-state index in [2.05, 4.69) is 0 Å². The van der Waals surface area contributed by atoms with E-state index in [1.807, 2.05) is 32.9 Å². The smallest absolute Gasteiger partial charge is 0.153 e. The molecule has 1 aliphatic carbocycles. The number of benzene rings is 1. The molecule has 26 heavy (non-hydrogen) atoms. The number of nitrogens with two attached hydrogens (primary N) is 1. The van der Waals surface area contributed by atoms with E-state index in [1.54, 1.807) is 12.1 Å². The first-order chi connectivity index (χ1) is 11.6. The Morgan fingerprint density at radius 2 is 1.73 bits per heavy atom. The number of ketones is 2. The van der Waals surface area contributed by atoms with E-state index in [9.17, 15) is 14.7 Å². The number of aliphatic hydroxyl groups excluding tert-OH is 1. The van der Waals surface area contributed by atoms with Gasteiger partial charge in [-0.05, 0) is 42.4 Å². The zero-order valence-corrected chi connectivity index (χ0v) is 17.1. The van der Waals surface area contributed by atoms with Gasteiger partial charge in [-0.25, -0.2) is 0 Å². The maximum atomic E-state index is 12.8. The van der Waals surface area contributed by atoms with Gasteiger partial charge in [0.15, 0.2) is 5.78 Å². The van der Waals surface area contributed by atoms with E-state index in [0.717, 1.165) is 5.56 Å². The highest BCUT2D eigenvalue weighted by atomic mass is 35.5. The maximum absolute atomic E-state index is 12.8. The van der Waals surface area contributed by atoms with Gasteiger partial charge in [0.2, 0.25) is 0 Å². The Morgan fingerprint density at radius 1 is 1.19 bits per heavy atom. The number of halogens is 2. The Bertz CT molecular complexity index is 625. The Hall–Kier alpha value is -0.940. The fourth-order valence-corrected chi connectivity index (χ4v) is 3.57. The summed E-state index contributed by atoms with van der Waals surface area (Å²) in [5, 5.41) is 10.7. The van der Waals surface area contributed by atoms with Gasteiger partial charge in [0.25, 0.3) is 0 Å². The molecule has 0 aromatic heterocycles. The van der Waals surface area contributed by atoms with Crippen LogP contribution < -0.4 is 5.73 Å². The van der Waals surface area contributed by atoms with Crippen molar-refractivity contribution in [2.75, 3.05) is 0 Å². The first-order valence-electron chi connectivity index (χ1n) is 8.84. The molecule has 1 fully saturated rings. The van der Waals surface area contributed by atoms with E-state index in [-0.39, 0.29) is 29.4 Å². The summed E-state index contributed by atoms with van der Waals surface area (Å²) in [5.41, 5.74) is 6.78. The van der Waals surface area contributed by atoms with Gasteiger partial charge < -0.3 is 10.8 Å². The number of aryl methyl sites for hydroxylation is 1. The van der Waals surface area contributed by atoms with Crippen molar-refractivity contribution in [1.29, 1.82) is 0 Å². The van der Waals surface area contributed by atoms with E-state index in [4.69, 9.17) is 17.3 Å². The van der Waals surface area contributed by atoms with Gasteiger partial charge in [0, 0.05) is 23.3 Å². The Labute approximate surface area is 166 Å². The lowest BCUT2D eigenvalue weighted by Crippen LogP contribution is -2.46. The van der Waals surface area contributed by atoms with E-state index >= 15 is 0 Å². The zero-order chi connectivity index (χ0) is 18.8. The zero-order valence-electron chi connectivity index (χ0n) is 15.6. The fraction of sp³-hybridized carbons (Fsp3) is 0.600. The van der Waals surface area contributed by atoms with Crippen LogP contribution in [0.2, 0.25) is 5.02 Å². The van der Waals surface area contributed by atoms with Crippen LogP contribution in [-0.4, -0.2) is 28.8 Å². The quantitative estimate of drug-likeness (QED) is 0.762. The predicted octanol–water partition coefficient (Wildman–Crippen LogP) is 3.59. The minimum atomic E-state index is -0.630. The molecule has 0 bridgehead atoms. The van der Waals surface area contributed by atoms with Crippen LogP contribution in [0.4, 0.5) is 0 Å². The minimum Gasteiger partial charge on any atom is -0.393 e. The van der Waals surface area contributed by atoms with Crippen molar-refractivity contribution in [3.63, 3.8) is 0 Å². The number of carbonyl (C=O) groups is 2. The molecule has 0 amide bonds. The van der Waals surface area contributed by atoms with Crippen LogP contribution in [0, 0.1) is 17.3 Å². The summed E-state index contributed by atoms with van der Waals surface area (Å²) in [6.07, 6.45) is 1.04. The largest absolute Gasteiger partial charge is 0.393 e. The molecule has 2 rings (SSSR count). The van der Waals surface area contributed by atoms with Crippen molar-refractivity contribution in [3.05, 3.63) is 34.9 Å². The van der Waals surface area contributed by atoms with Gasteiger partial charge in [-0.3, -0.25) is 9.59 Å². The molecule has 4 nitrogen and oxygen atoms in total. The van der Waals surface area contributed by atoms with E-state index in [0.29, 0.717) is 30.7 Å². The Kier molecular flexibility index (Phi) is 8.28. The van der Waals surface area contributed by atoms with Crippen LogP contribution >= 0.6 is 24.0 Å². The lowest BCUT2D eigenvalue weighted by atomic mass is 9.77. The summed E-state index contributed by atoms with van der Waals surface area (Å²) < 4.78 is 0. The molecule has 4 atom stereocenters. The highest BCUT2D eigenvalue weighted by molar-refractivity contribution is 6.30. The fourth-order valence-electron chi connectivity index (χ4n) is 3.44. The first-order valence-corrected chi connectivity index (χ1v) is 9.22. The third kappa shape index (κ3) is 5.78. The van der Waals surface area contributed by atoms with Crippen LogP contribution in [0.1, 0.15) is 45.6 Å². The van der Waals surface area contributed by atoms with Crippen molar-refractivity contribution >= 4 is 35.6 Å². The monoisotopic (exact) mass is 401 g/mol. The summed E-state index contributed by atoms with van der Waals surface area (Å²) >= 11 is 5.87. The molecule has 1 unspecified atom stereocenters. The van der Waals surface area contributed by atoms with Crippen molar-refractivity contribution in [3.8, 4) is 0 Å². The van der Waals surface area contributed by atoms with Crippen LogP contribution in [0.5, 0.6) is 0 Å². The summed E-state index contributed by atoms with van der Waals surface area (Å²) in [6.45, 7) is 5.74. The molecule has 0 heterocycles. The number of Topliss-reactive ketones (excluding diaryl/α,β-unsaturated/α-hetero) is 2. The van der Waals surface area contributed by atoms with Gasteiger partial charge in [-0.1, -0.05) is 44.5 Å². The second-order valence-electron chi connectivity index (χ2n) is 8.18. The average molecular weight is 402 g/mol. The lowest BCUT2D eigenvalue weighted by Gasteiger charge is -2.29. The summed E-state index contributed by atoms with van der Waals surface area (Å²) in [6, 6.07) is 6.77. The van der Waals surface area contributed by atoms with Gasteiger partial charge in [-0.2, -0.15) is 0 Å². The molecular weight excluding hydrogens is 373 g/mol. The molecule has 0 spiro atoms. The SMILES string of the molecule is CC(C)(C)[C@H](N)C(=O)C1C[C@H](O)C[C@H]1C(=O)CCc1ccc(Cl)cc1.Cl. The first kappa shape index (κ1) is 23.1. The van der Waals surface area contributed by atoms with Crippen molar-refractivity contribution in [2.45, 2.75) is 58.6 Å². The van der Waals surface area contributed by atoms with Crippen molar-refractivity contribution in [2.24, 2.45) is 23.0 Å². The van der Waals surface area contributed by atoms with Crippen LogP contribution in [0.25, 0.3) is 0 Å². The molecule has 146 valence electrons. The molecule has 1 saturated carbocycles. The van der Waals surface area contributed by atoms with E-state index < -0.39 is 24.0 Å². The number of carbonyl (C=O) groups excluding carboxylic acids is 2. The summed E-state index contributed by atoms with van der Waals surface area (Å²) in [4.78, 5) is 25.4. The molecular formula is C20H29Cl2NO3. The Morgan fingerprint density at radius 3 is 2.27 bits per heavy atom. The summed E-state index contributed by atoms with van der Waals surface area (Å²) in [7, 11) is 0. The van der Waals surface area contributed by atoms with Crippen LogP contribution in [0.3, 0.4) is 0 Å². The second-order valence-corrected chi connectivity index (χ2v) is 8.61. The predicted molar refractivity (Wildman–Crippen MR) is 107 cm³/mol. The second kappa shape index (κ2) is 9.32. The van der Waals surface area contributed by atoms with Gasteiger partial charge in [-0.15, -0.1) is 12.4 Å². The molecule has 0 saturated heterocycles. The van der Waals surface area contributed by atoms with Gasteiger partial charge in [0.05, 0.1) is 12.1 Å². The number of rotatable bonds is 6. The molecule has 3 N–H and O–H groups in total. The highest BCUT2D eigenvalue weighted by Gasteiger charge is 2.44. The molecule has 0 radical (unpaired) electrons. The molecule has 1 aromatic rings. The number of hydrogen-bond donors (Lipinski definition) is 2. The molecule has 1 aromatic carbocycles. The van der Waals surface area contributed by atoms with Crippen molar-refractivity contribution in [1.82, 2.24) is 0 Å². The van der Waals surface area contributed by atoms with Gasteiger partial charge >= 0.3 is 0 Å². The third-order valence-electron chi connectivity index (χ3n) is 5.13. The molecule has 0 aliphatic heterocycles. The maximum Gasteiger partial charge on any atom is 0.153 e. The van der Waals surface area contributed by atoms with Crippen LogP contribution in [-0.2, 0) is 16.0 Å². The highest BCUT2D eigenvalue weighted by Crippen LogP contribution is 2.37. The molecule has 6 heteroatoms. The Balaban J connectivity index is 0.00000338. The molecule has 1 aliphatic rings. The van der Waals surface area contributed by atoms with Crippen molar-refractivity contribution < 1.29 is 14.7 Å². The average Bonchev–Trinajstić information content (AvgIpc) is 2.93. The van der Waals surface area contributed by atoms with E-state index in [1.165, 1.54) is 0 Å². The number of hydrogen-bond acceptors (Lipinski definition) is 4. The lowest BCUT2D eigenvalue weighted by molar-refractivity contribution is -0.133. The standard InChI is InChI=1S/C20H28ClNO3.ClH/c1-20(2,3)19(22)18(25)16-11-14(23)10-15(16)17(24)9-6-12-4-7-13(21)8-5-12;/h4-5,7-8,14-16,19,23H,6,9-11,22H2,1-3H3;1H/t14-,15-,16?,19-;/m1./s1. The topological polar surface area (TPSA) is 80.4 Å². The minimum absolute atomic E-state index is 0. The normalized spacial score (nSPS) is 24.0.